The highest BCUT2D eigenvalue weighted by Crippen LogP contribution is 2.20. The molecule has 0 atom stereocenters. The molecule has 2 saturated heterocycles. The quantitative estimate of drug-likeness (QED) is 0.766. The number of ether oxygens (including phenoxy) is 1. The fourth-order valence-corrected chi connectivity index (χ4v) is 3.83. The number of hydrogen-bond acceptors (Lipinski definition) is 7. The van der Waals surface area contributed by atoms with Gasteiger partial charge < -0.3 is 19.4 Å². The first-order chi connectivity index (χ1) is 13.5. The normalized spacial score (nSPS) is 17.9. The van der Waals surface area contributed by atoms with Gasteiger partial charge in [-0.15, -0.1) is 10.2 Å². The van der Waals surface area contributed by atoms with Gasteiger partial charge in [0.1, 0.15) is 0 Å². The van der Waals surface area contributed by atoms with E-state index in [-0.39, 0.29) is 5.91 Å². The van der Waals surface area contributed by atoms with E-state index in [0.29, 0.717) is 13.1 Å². The summed E-state index contributed by atoms with van der Waals surface area (Å²) in [6, 6.07) is 4.04. The number of morpholine rings is 1. The SMILES string of the molecule is Cc1nn(C)c(C)c1C(=O)N1CCN(c2ccc(N3CCOCC3)nn2)CC1. The molecule has 4 heterocycles. The lowest BCUT2D eigenvalue weighted by Gasteiger charge is -2.35. The topological polar surface area (TPSA) is 79.6 Å². The van der Waals surface area contributed by atoms with Crippen molar-refractivity contribution in [1.82, 2.24) is 24.9 Å². The summed E-state index contributed by atoms with van der Waals surface area (Å²) in [6.07, 6.45) is 0. The van der Waals surface area contributed by atoms with E-state index >= 15 is 0 Å². The van der Waals surface area contributed by atoms with Crippen LogP contribution in [0.5, 0.6) is 0 Å². The zero-order valence-electron chi connectivity index (χ0n) is 16.8. The molecule has 0 aliphatic carbocycles. The summed E-state index contributed by atoms with van der Waals surface area (Å²) < 4.78 is 7.15. The first-order valence-electron chi connectivity index (χ1n) is 9.75. The van der Waals surface area contributed by atoms with Crippen molar-refractivity contribution < 1.29 is 9.53 Å². The summed E-state index contributed by atoms with van der Waals surface area (Å²) in [5.41, 5.74) is 2.43. The Morgan fingerprint density at radius 3 is 2.00 bits per heavy atom. The second-order valence-corrected chi connectivity index (χ2v) is 7.30. The molecule has 0 unspecified atom stereocenters. The summed E-state index contributed by atoms with van der Waals surface area (Å²) in [5, 5.41) is 13.2. The van der Waals surface area contributed by atoms with Crippen molar-refractivity contribution in [1.29, 1.82) is 0 Å². The van der Waals surface area contributed by atoms with E-state index in [2.05, 4.69) is 25.1 Å². The van der Waals surface area contributed by atoms with Gasteiger partial charge in [-0.2, -0.15) is 5.10 Å². The van der Waals surface area contributed by atoms with E-state index in [9.17, 15) is 4.79 Å². The molecule has 2 aromatic heterocycles. The summed E-state index contributed by atoms with van der Waals surface area (Å²) in [7, 11) is 1.87. The molecule has 150 valence electrons. The van der Waals surface area contributed by atoms with Gasteiger partial charge in [-0.1, -0.05) is 0 Å². The third kappa shape index (κ3) is 3.54. The fourth-order valence-electron chi connectivity index (χ4n) is 3.83. The lowest BCUT2D eigenvalue weighted by Crippen LogP contribution is -2.49. The summed E-state index contributed by atoms with van der Waals surface area (Å²) in [6.45, 7) is 9.82. The van der Waals surface area contributed by atoms with Crippen molar-refractivity contribution >= 4 is 17.5 Å². The number of nitrogens with zero attached hydrogens (tertiary/aromatic N) is 7. The van der Waals surface area contributed by atoms with Gasteiger partial charge in [0.25, 0.3) is 5.91 Å². The van der Waals surface area contributed by atoms with E-state index in [4.69, 9.17) is 4.74 Å². The summed E-state index contributed by atoms with van der Waals surface area (Å²) in [4.78, 5) is 19.2. The number of aromatic nitrogens is 4. The molecule has 2 fully saturated rings. The van der Waals surface area contributed by atoms with Gasteiger partial charge >= 0.3 is 0 Å². The lowest BCUT2D eigenvalue weighted by molar-refractivity contribution is 0.0745. The van der Waals surface area contributed by atoms with E-state index in [1.165, 1.54) is 0 Å². The van der Waals surface area contributed by atoms with Gasteiger partial charge in [0, 0.05) is 52.0 Å². The Kier molecular flexibility index (Phi) is 5.17. The Morgan fingerprint density at radius 2 is 1.50 bits per heavy atom. The van der Waals surface area contributed by atoms with Crippen LogP contribution in [-0.4, -0.2) is 83.3 Å². The minimum absolute atomic E-state index is 0.0662. The second-order valence-electron chi connectivity index (χ2n) is 7.30. The highest BCUT2D eigenvalue weighted by Gasteiger charge is 2.27. The maximum Gasteiger partial charge on any atom is 0.257 e. The molecule has 2 aromatic rings. The largest absolute Gasteiger partial charge is 0.378 e. The predicted octanol–water partition coefficient (Wildman–Crippen LogP) is 0.626. The number of hydrogen-bond donors (Lipinski definition) is 0. The van der Waals surface area contributed by atoms with Gasteiger partial charge in [0.2, 0.25) is 0 Å². The molecule has 0 aromatic carbocycles. The fraction of sp³-hybridized carbons (Fsp3) is 0.579. The van der Waals surface area contributed by atoms with Crippen LogP contribution in [0.4, 0.5) is 11.6 Å². The molecule has 0 spiro atoms. The minimum Gasteiger partial charge on any atom is -0.378 e. The third-order valence-corrected chi connectivity index (χ3v) is 5.59. The zero-order valence-corrected chi connectivity index (χ0v) is 16.8. The zero-order chi connectivity index (χ0) is 19.7. The highest BCUT2D eigenvalue weighted by molar-refractivity contribution is 5.96. The smallest absolute Gasteiger partial charge is 0.257 e. The molecular formula is C19H27N7O2. The van der Waals surface area contributed by atoms with Crippen LogP contribution < -0.4 is 9.80 Å². The molecule has 1 amide bonds. The van der Waals surface area contributed by atoms with Crippen molar-refractivity contribution in [2.24, 2.45) is 7.05 Å². The molecular weight excluding hydrogens is 358 g/mol. The Balaban J connectivity index is 1.38. The maximum atomic E-state index is 12.9. The van der Waals surface area contributed by atoms with Gasteiger partial charge in [-0.25, -0.2) is 0 Å². The molecule has 0 bridgehead atoms. The van der Waals surface area contributed by atoms with Crippen molar-refractivity contribution in [3.8, 4) is 0 Å². The first kappa shape index (κ1) is 18.7. The van der Waals surface area contributed by atoms with Gasteiger partial charge in [-0.3, -0.25) is 9.48 Å². The van der Waals surface area contributed by atoms with E-state index in [0.717, 1.165) is 68.0 Å². The molecule has 2 aliphatic heterocycles. The van der Waals surface area contributed by atoms with Crippen LogP contribution in [0.1, 0.15) is 21.7 Å². The van der Waals surface area contributed by atoms with E-state index in [1.54, 1.807) is 4.68 Å². The highest BCUT2D eigenvalue weighted by atomic mass is 16.5. The number of carbonyl (C=O) groups excluding carboxylic acids is 1. The lowest BCUT2D eigenvalue weighted by atomic mass is 10.1. The molecule has 0 N–H and O–H groups in total. The van der Waals surface area contributed by atoms with Crippen LogP contribution in [0, 0.1) is 13.8 Å². The number of piperazine rings is 1. The van der Waals surface area contributed by atoms with Crippen molar-refractivity contribution in [2.45, 2.75) is 13.8 Å². The van der Waals surface area contributed by atoms with Gasteiger partial charge in [0.05, 0.1) is 24.5 Å². The summed E-state index contributed by atoms with van der Waals surface area (Å²) in [5.74, 6) is 1.82. The van der Waals surface area contributed by atoms with Crippen LogP contribution in [0.25, 0.3) is 0 Å². The number of aryl methyl sites for hydroxylation is 2. The molecule has 2 aliphatic rings. The Labute approximate surface area is 164 Å². The van der Waals surface area contributed by atoms with Crippen LogP contribution >= 0.6 is 0 Å². The Morgan fingerprint density at radius 1 is 0.929 bits per heavy atom. The van der Waals surface area contributed by atoms with E-state index in [1.807, 2.05) is 37.9 Å². The third-order valence-electron chi connectivity index (χ3n) is 5.59. The monoisotopic (exact) mass is 385 g/mol. The second kappa shape index (κ2) is 7.75. The predicted molar refractivity (Wildman–Crippen MR) is 106 cm³/mol. The van der Waals surface area contributed by atoms with Crippen LogP contribution in [0.2, 0.25) is 0 Å². The standard InChI is InChI=1S/C19H27N7O2/c1-14-18(15(2)23(3)22-14)19(27)26-8-6-24(7-9-26)16-4-5-17(21-20-16)25-10-12-28-13-11-25/h4-5H,6-13H2,1-3H3. The number of anilines is 2. The van der Waals surface area contributed by atoms with Crippen LogP contribution in [-0.2, 0) is 11.8 Å². The maximum absolute atomic E-state index is 12.9. The molecule has 9 nitrogen and oxygen atoms in total. The summed E-state index contributed by atoms with van der Waals surface area (Å²) >= 11 is 0. The minimum atomic E-state index is 0.0662. The van der Waals surface area contributed by atoms with Gasteiger partial charge in [-0.05, 0) is 26.0 Å². The van der Waals surface area contributed by atoms with Crippen LogP contribution in [0.15, 0.2) is 12.1 Å². The van der Waals surface area contributed by atoms with Gasteiger partial charge in [0.15, 0.2) is 11.6 Å². The van der Waals surface area contributed by atoms with Crippen molar-refractivity contribution in [3.63, 3.8) is 0 Å². The average molecular weight is 385 g/mol. The number of amides is 1. The molecule has 0 radical (unpaired) electrons. The molecule has 4 rings (SSSR count). The Bertz CT molecular complexity index is 835. The van der Waals surface area contributed by atoms with Crippen molar-refractivity contribution in [3.05, 3.63) is 29.1 Å². The first-order valence-corrected chi connectivity index (χ1v) is 9.75. The molecule has 28 heavy (non-hydrogen) atoms. The number of carbonyl (C=O) groups is 1. The molecule has 9 heteroatoms. The van der Waals surface area contributed by atoms with Crippen LogP contribution in [0.3, 0.4) is 0 Å². The average Bonchev–Trinajstić information content (AvgIpc) is 3.00. The molecule has 0 saturated carbocycles. The van der Waals surface area contributed by atoms with Crippen molar-refractivity contribution in [2.75, 3.05) is 62.3 Å². The Hall–Kier alpha value is -2.68. The van der Waals surface area contributed by atoms with E-state index < -0.39 is 0 Å². The number of rotatable bonds is 3.